The van der Waals surface area contributed by atoms with Gasteiger partial charge in [0.2, 0.25) is 0 Å². The van der Waals surface area contributed by atoms with Crippen molar-refractivity contribution in [2.24, 2.45) is 0 Å². The highest BCUT2D eigenvalue weighted by molar-refractivity contribution is 4.94. The van der Waals surface area contributed by atoms with Crippen molar-refractivity contribution in [1.29, 1.82) is 0 Å². The fourth-order valence-corrected chi connectivity index (χ4v) is 2.16. The fourth-order valence-electron chi connectivity index (χ4n) is 2.16. The second-order valence-electron chi connectivity index (χ2n) is 4.40. The first kappa shape index (κ1) is 11.6. The van der Waals surface area contributed by atoms with Crippen LogP contribution < -0.4 is 5.32 Å². The summed E-state index contributed by atoms with van der Waals surface area (Å²) in [4.78, 5) is 6.79. The minimum absolute atomic E-state index is 0.761. The summed E-state index contributed by atoms with van der Waals surface area (Å²) < 4.78 is 5.61. The Kier molecular flexibility index (Phi) is 4.36. The maximum Gasteiger partial charge on any atom is 0.195 e. The van der Waals surface area contributed by atoms with Gasteiger partial charge in [0.25, 0.3) is 0 Å². The number of nitrogens with one attached hydrogen (secondary N) is 1. The van der Waals surface area contributed by atoms with E-state index in [1.165, 1.54) is 32.4 Å². The average molecular weight is 223 g/mol. The van der Waals surface area contributed by atoms with Gasteiger partial charge in [-0.25, -0.2) is 4.98 Å². The van der Waals surface area contributed by atoms with Crippen LogP contribution in [0.15, 0.2) is 10.6 Å². The molecule has 1 fully saturated rings. The lowest BCUT2D eigenvalue weighted by Gasteiger charge is -2.25. The summed E-state index contributed by atoms with van der Waals surface area (Å²) in [6, 6.07) is 0. The standard InChI is InChI=1S/C12H21N3O/c1-13-9-11-10-14-12(16-11)5-8-15-6-3-2-4-7-15/h10,13H,2-9H2,1H3. The van der Waals surface area contributed by atoms with E-state index in [-0.39, 0.29) is 0 Å². The largest absolute Gasteiger partial charge is 0.444 e. The molecule has 0 spiro atoms. The Morgan fingerprint density at radius 3 is 2.94 bits per heavy atom. The highest BCUT2D eigenvalue weighted by atomic mass is 16.4. The number of hydrogen-bond acceptors (Lipinski definition) is 4. The van der Waals surface area contributed by atoms with Crippen molar-refractivity contribution in [3.8, 4) is 0 Å². The van der Waals surface area contributed by atoms with Gasteiger partial charge in [-0.2, -0.15) is 0 Å². The number of nitrogens with zero attached hydrogens (tertiary/aromatic N) is 2. The Morgan fingerprint density at radius 2 is 2.19 bits per heavy atom. The summed E-state index contributed by atoms with van der Waals surface area (Å²) in [6.45, 7) is 4.32. The van der Waals surface area contributed by atoms with Crippen LogP contribution in [0.3, 0.4) is 0 Å². The number of hydrogen-bond donors (Lipinski definition) is 1. The highest BCUT2D eigenvalue weighted by Gasteiger charge is 2.11. The third-order valence-corrected chi connectivity index (χ3v) is 3.04. The molecule has 2 heterocycles. The van der Waals surface area contributed by atoms with Crippen molar-refractivity contribution in [3.63, 3.8) is 0 Å². The van der Waals surface area contributed by atoms with Crippen LogP contribution in [0.1, 0.15) is 30.9 Å². The molecule has 0 saturated carbocycles. The van der Waals surface area contributed by atoms with E-state index >= 15 is 0 Å². The third-order valence-electron chi connectivity index (χ3n) is 3.04. The lowest BCUT2D eigenvalue weighted by atomic mass is 10.1. The maximum atomic E-state index is 5.61. The van der Waals surface area contributed by atoms with E-state index in [1.807, 2.05) is 13.2 Å². The summed E-state index contributed by atoms with van der Waals surface area (Å²) in [7, 11) is 1.91. The van der Waals surface area contributed by atoms with Crippen molar-refractivity contribution >= 4 is 0 Å². The van der Waals surface area contributed by atoms with Crippen LogP contribution >= 0.6 is 0 Å². The molecule has 0 amide bonds. The average Bonchev–Trinajstić information content (AvgIpc) is 2.76. The van der Waals surface area contributed by atoms with E-state index in [1.54, 1.807) is 0 Å². The SMILES string of the molecule is CNCc1cnc(CCN2CCCCC2)o1. The van der Waals surface area contributed by atoms with Gasteiger partial charge in [0.15, 0.2) is 5.89 Å². The van der Waals surface area contributed by atoms with E-state index in [4.69, 9.17) is 4.42 Å². The normalized spacial score (nSPS) is 17.8. The number of piperidine rings is 1. The summed E-state index contributed by atoms with van der Waals surface area (Å²) in [5.41, 5.74) is 0. The van der Waals surface area contributed by atoms with E-state index in [0.29, 0.717) is 0 Å². The predicted octanol–water partition coefficient (Wildman–Crippen LogP) is 1.42. The molecule has 0 aliphatic carbocycles. The monoisotopic (exact) mass is 223 g/mol. The van der Waals surface area contributed by atoms with Gasteiger partial charge in [-0.05, 0) is 33.0 Å². The molecule has 0 bridgehead atoms. The molecule has 1 N–H and O–H groups in total. The number of oxazole rings is 1. The quantitative estimate of drug-likeness (QED) is 0.819. The molecule has 1 aromatic heterocycles. The van der Waals surface area contributed by atoms with Gasteiger partial charge in [-0.1, -0.05) is 6.42 Å². The van der Waals surface area contributed by atoms with E-state index in [2.05, 4.69) is 15.2 Å². The number of likely N-dealkylation sites (tertiary alicyclic amines) is 1. The molecule has 1 aliphatic rings. The van der Waals surface area contributed by atoms with Gasteiger partial charge in [0.1, 0.15) is 5.76 Å². The fraction of sp³-hybridized carbons (Fsp3) is 0.750. The Bertz CT molecular complexity index is 305. The first-order valence-corrected chi connectivity index (χ1v) is 6.19. The zero-order valence-corrected chi connectivity index (χ0v) is 10.0. The van der Waals surface area contributed by atoms with Gasteiger partial charge >= 0.3 is 0 Å². The Labute approximate surface area is 97.0 Å². The van der Waals surface area contributed by atoms with Gasteiger partial charge in [-0.15, -0.1) is 0 Å². The first-order chi connectivity index (χ1) is 7.88. The van der Waals surface area contributed by atoms with Gasteiger partial charge < -0.3 is 14.6 Å². The van der Waals surface area contributed by atoms with Gasteiger partial charge in [0.05, 0.1) is 12.7 Å². The Balaban J connectivity index is 1.75. The molecule has 0 aromatic carbocycles. The predicted molar refractivity (Wildman–Crippen MR) is 63.3 cm³/mol. The second-order valence-corrected chi connectivity index (χ2v) is 4.40. The van der Waals surface area contributed by atoms with Crippen LogP contribution in [-0.4, -0.2) is 36.6 Å². The molecule has 0 radical (unpaired) electrons. The molecular weight excluding hydrogens is 202 g/mol. The minimum Gasteiger partial charge on any atom is -0.444 e. The van der Waals surface area contributed by atoms with E-state index in [0.717, 1.165) is 31.2 Å². The molecule has 0 unspecified atom stereocenters. The van der Waals surface area contributed by atoms with Crippen molar-refractivity contribution in [1.82, 2.24) is 15.2 Å². The van der Waals surface area contributed by atoms with E-state index < -0.39 is 0 Å². The molecular formula is C12H21N3O. The lowest BCUT2D eigenvalue weighted by molar-refractivity contribution is 0.225. The van der Waals surface area contributed by atoms with Crippen LogP contribution in [-0.2, 0) is 13.0 Å². The second kappa shape index (κ2) is 6.01. The molecule has 0 atom stereocenters. The van der Waals surface area contributed by atoms with Crippen LogP contribution in [0.4, 0.5) is 0 Å². The van der Waals surface area contributed by atoms with Crippen molar-refractivity contribution in [3.05, 3.63) is 17.8 Å². The molecule has 1 aliphatic heterocycles. The summed E-state index contributed by atoms with van der Waals surface area (Å²) in [5.74, 6) is 1.80. The van der Waals surface area contributed by atoms with Gasteiger partial charge in [-0.3, -0.25) is 0 Å². The Hall–Kier alpha value is -0.870. The maximum absolute atomic E-state index is 5.61. The third kappa shape index (κ3) is 3.32. The Morgan fingerprint density at radius 1 is 1.38 bits per heavy atom. The van der Waals surface area contributed by atoms with Crippen LogP contribution in [0.2, 0.25) is 0 Å². The smallest absolute Gasteiger partial charge is 0.195 e. The van der Waals surface area contributed by atoms with Crippen molar-refractivity contribution in [2.75, 3.05) is 26.7 Å². The first-order valence-electron chi connectivity index (χ1n) is 6.19. The molecule has 4 heteroatoms. The van der Waals surface area contributed by atoms with Crippen molar-refractivity contribution in [2.45, 2.75) is 32.2 Å². The van der Waals surface area contributed by atoms with Crippen LogP contribution in [0.25, 0.3) is 0 Å². The topological polar surface area (TPSA) is 41.3 Å². The number of rotatable bonds is 5. The molecule has 2 rings (SSSR count). The van der Waals surface area contributed by atoms with E-state index in [9.17, 15) is 0 Å². The molecule has 4 nitrogen and oxygen atoms in total. The zero-order valence-electron chi connectivity index (χ0n) is 10.0. The van der Waals surface area contributed by atoms with Crippen LogP contribution in [0, 0.1) is 0 Å². The molecule has 16 heavy (non-hydrogen) atoms. The molecule has 1 aromatic rings. The minimum atomic E-state index is 0.761. The lowest BCUT2D eigenvalue weighted by Crippen LogP contribution is -2.31. The zero-order chi connectivity index (χ0) is 11.2. The number of aromatic nitrogens is 1. The summed E-state index contributed by atoms with van der Waals surface area (Å²) in [6.07, 6.45) is 6.83. The summed E-state index contributed by atoms with van der Waals surface area (Å²) in [5, 5.41) is 3.06. The van der Waals surface area contributed by atoms with Crippen molar-refractivity contribution < 1.29 is 4.42 Å². The molecule has 1 saturated heterocycles. The highest BCUT2D eigenvalue weighted by Crippen LogP contribution is 2.10. The van der Waals surface area contributed by atoms with Crippen LogP contribution in [0.5, 0.6) is 0 Å². The van der Waals surface area contributed by atoms with Gasteiger partial charge in [0, 0.05) is 13.0 Å². The summed E-state index contributed by atoms with van der Waals surface area (Å²) >= 11 is 0. The molecule has 90 valence electrons.